The fourth-order valence-corrected chi connectivity index (χ4v) is 3.69. The molecule has 2 heteroatoms. The largest absolute Gasteiger partial charge is 0.431 e. The molecule has 0 radical (unpaired) electrons. The van der Waals surface area contributed by atoms with Gasteiger partial charge in [-0.3, -0.25) is 0 Å². The molecule has 0 unspecified atom stereocenters. The van der Waals surface area contributed by atoms with E-state index >= 15 is 0 Å². The Labute approximate surface area is 156 Å². The third-order valence-electron chi connectivity index (χ3n) is 5.66. The Balaban J connectivity index is 1.87. The summed E-state index contributed by atoms with van der Waals surface area (Å²) in [6, 6.07) is 15.7. The Morgan fingerprint density at radius 3 is 2.15 bits per heavy atom. The first kappa shape index (κ1) is 18.4. The summed E-state index contributed by atoms with van der Waals surface area (Å²) >= 11 is 0. The Bertz CT molecular complexity index is 842. The van der Waals surface area contributed by atoms with Gasteiger partial charge < -0.3 is 4.74 Å². The summed E-state index contributed by atoms with van der Waals surface area (Å²) in [6.45, 7) is 11.3. The second-order valence-corrected chi connectivity index (χ2v) is 8.60. The van der Waals surface area contributed by atoms with Gasteiger partial charge in [0, 0.05) is 0 Å². The highest BCUT2D eigenvalue weighted by atomic mass is 16.5. The monoisotopic (exact) mass is 348 g/mol. The maximum Gasteiger partial charge on any atom is 0.342 e. The van der Waals surface area contributed by atoms with Crippen LogP contribution in [0.15, 0.2) is 54.8 Å². The maximum atomic E-state index is 12.1. The number of esters is 1. The van der Waals surface area contributed by atoms with Crippen LogP contribution in [0.25, 0.3) is 5.57 Å². The SMILES string of the molecule is CC(=COC(=O)c1ccccc1)c1ccc2c(c1)C(C)(C)CCC2(C)C. The van der Waals surface area contributed by atoms with Crippen molar-refractivity contribution in [2.75, 3.05) is 0 Å². The number of fused-ring (bicyclic) bond motifs is 1. The molecule has 1 aliphatic rings. The molecule has 3 rings (SSSR count). The fraction of sp³-hybridized carbons (Fsp3) is 0.375. The zero-order valence-electron chi connectivity index (χ0n) is 16.4. The van der Waals surface area contributed by atoms with Crippen LogP contribution in [-0.4, -0.2) is 5.97 Å². The summed E-state index contributed by atoms with van der Waals surface area (Å²) in [5.41, 5.74) is 5.85. The minimum Gasteiger partial charge on any atom is -0.431 e. The van der Waals surface area contributed by atoms with E-state index in [2.05, 4.69) is 45.9 Å². The van der Waals surface area contributed by atoms with Crippen molar-refractivity contribution >= 4 is 11.5 Å². The normalized spacial score (nSPS) is 18.1. The molecule has 2 aromatic rings. The minimum atomic E-state index is -0.329. The van der Waals surface area contributed by atoms with Crippen LogP contribution < -0.4 is 0 Å². The number of hydrogen-bond acceptors (Lipinski definition) is 2. The summed E-state index contributed by atoms with van der Waals surface area (Å²) in [7, 11) is 0. The summed E-state index contributed by atoms with van der Waals surface area (Å²) in [6.07, 6.45) is 3.95. The second-order valence-electron chi connectivity index (χ2n) is 8.60. The van der Waals surface area contributed by atoms with E-state index in [4.69, 9.17) is 4.74 Å². The third kappa shape index (κ3) is 3.60. The van der Waals surface area contributed by atoms with Gasteiger partial charge in [-0.2, -0.15) is 0 Å². The molecule has 0 N–H and O–H groups in total. The molecule has 0 aliphatic heterocycles. The Morgan fingerprint density at radius 1 is 0.885 bits per heavy atom. The Kier molecular flexibility index (Phi) is 4.79. The first-order valence-corrected chi connectivity index (χ1v) is 9.29. The van der Waals surface area contributed by atoms with Gasteiger partial charge in [0.25, 0.3) is 0 Å². The molecule has 136 valence electrons. The zero-order valence-corrected chi connectivity index (χ0v) is 16.4. The average Bonchev–Trinajstić information content (AvgIpc) is 2.63. The van der Waals surface area contributed by atoms with Gasteiger partial charge in [-0.1, -0.05) is 64.1 Å². The van der Waals surface area contributed by atoms with Crippen LogP contribution in [-0.2, 0) is 15.6 Å². The molecule has 0 aromatic heterocycles. The zero-order chi connectivity index (χ0) is 18.9. The predicted octanol–water partition coefficient (Wildman–Crippen LogP) is 6.25. The van der Waals surface area contributed by atoms with E-state index < -0.39 is 0 Å². The number of hydrogen-bond donors (Lipinski definition) is 0. The van der Waals surface area contributed by atoms with Crippen LogP contribution in [0.2, 0.25) is 0 Å². The quantitative estimate of drug-likeness (QED) is 0.484. The van der Waals surface area contributed by atoms with Crippen molar-refractivity contribution in [3.8, 4) is 0 Å². The highest BCUT2D eigenvalue weighted by Gasteiger charge is 2.36. The molecule has 0 atom stereocenters. The summed E-state index contributed by atoms with van der Waals surface area (Å²) in [4.78, 5) is 12.1. The van der Waals surface area contributed by atoms with E-state index in [9.17, 15) is 4.79 Å². The van der Waals surface area contributed by atoms with E-state index in [1.807, 2.05) is 25.1 Å². The van der Waals surface area contributed by atoms with Gasteiger partial charge in [0.15, 0.2) is 0 Å². The second kappa shape index (κ2) is 6.75. The van der Waals surface area contributed by atoms with Gasteiger partial charge in [0.1, 0.15) is 0 Å². The fourth-order valence-electron chi connectivity index (χ4n) is 3.69. The lowest BCUT2D eigenvalue weighted by molar-refractivity contribution is 0.0664. The standard InChI is InChI=1S/C24H28O2/c1-17(16-26-22(25)18-9-7-6-8-10-18)19-11-12-20-21(15-19)24(4,5)14-13-23(20,2)3/h6-12,15-16H,13-14H2,1-5H3. The van der Waals surface area contributed by atoms with Gasteiger partial charge in [-0.25, -0.2) is 4.79 Å². The molecule has 26 heavy (non-hydrogen) atoms. The lowest BCUT2D eigenvalue weighted by Gasteiger charge is -2.42. The van der Waals surface area contributed by atoms with Crippen molar-refractivity contribution < 1.29 is 9.53 Å². The highest BCUT2D eigenvalue weighted by Crippen LogP contribution is 2.46. The average molecular weight is 348 g/mol. The number of carbonyl (C=O) groups is 1. The number of allylic oxidation sites excluding steroid dienone is 1. The molecule has 0 fully saturated rings. The minimum absolute atomic E-state index is 0.169. The van der Waals surface area contributed by atoms with Crippen molar-refractivity contribution in [3.63, 3.8) is 0 Å². The van der Waals surface area contributed by atoms with E-state index in [1.54, 1.807) is 18.4 Å². The molecule has 0 bridgehead atoms. The van der Waals surface area contributed by atoms with Gasteiger partial charge in [-0.05, 0) is 65.0 Å². The lowest BCUT2D eigenvalue weighted by atomic mass is 9.63. The van der Waals surface area contributed by atoms with Crippen molar-refractivity contribution in [3.05, 3.63) is 77.0 Å². The van der Waals surface area contributed by atoms with E-state index in [-0.39, 0.29) is 16.8 Å². The van der Waals surface area contributed by atoms with Crippen molar-refractivity contribution in [2.45, 2.75) is 58.3 Å². The molecule has 0 saturated carbocycles. The van der Waals surface area contributed by atoms with Gasteiger partial charge in [0.05, 0.1) is 11.8 Å². The predicted molar refractivity (Wildman–Crippen MR) is 107 cm³/mol. The van der Waals surface area contributed by atoms with E-state index in [0.717, 1.165) is 11.1 Å². The van der Waals surface area contributed by atoms with Gasteiger partial charge >= 0.3 is 5.97 Å². The topological polar surface area (TPSA) is 26.3 Å². The van der Waals surface area contributed by atoms with Gasteiger partial charge in [-0.15, -0.1) is 0 Å². The number of benzene rings is 2. The van der Waals surface area contributed by atoms with E-state index in [1.165, 1.54) is 24.0 Å². The maximum absolute atomic E-state index is 12.1. The summed E-state index contributed by atoms with van der Waals surface area (Å²) in [5.74, 6) is -0.329. The van der Waals surface area contributed by atoms with Gasteiger partial charge in [0.2, 0.25) is 0 Å². The highest BCUT2D eigenvalue weighted by molar-refractivity contribution is 5.90. The van der Waals surface area contributed by atoms with Crippen molar-refractivity contribution in [1.29, 1.82) is 0 Å². The van der Waals surface area contributed by atoms with Crippen molar-refractivity contribution in [1.82, 2.24) is 0 Å². The van der Waals surface area contributed by atoms with Crippen LogP contribution in [0, 0.1) is 0 Å². The first-order chi connectivity index (χ1) is 12.2. The Hall–Kier alpha value is -2.35. The van der Waals surface area contributed by atoms with Crippen LogP contribution in [0.3, 0.4) is 0 Å². The lowest BCUT2D eigenvalue weighted by Crippen LogP contribution is -2.33. The molecule has 0 heterocycles. The molecule has 1 aliphatic carbocycles. The Morgan fingerprint density at radius 2 is 1.50 bits per heavy atom. The summed E-state index contributed by atoms with van der Waals surface area (Å²) in [5, 5.41) is 0. The number of ether oxygens (including phenoxy) is 1. The van der Waals surface area contributed by atoms with Crippen LogP contribution in [0.1, 0.15) is 74.5 Å². The molecule has 2 aromatic carbocycles. The number of carbonyl (C=O) groups excluding carboxylic acids is 1. The molecule has 0 saturated heterocycles. The van der Waals surface area contributed by atoms with E-state index in [0.29, 0.717) is 5.56 Å². The third-order valence-corrected chi connectivity index (χ3v) is 5.66. The molecular weight excluding hydrogens is 320 g/mol. The number of rotatable bonds is 3. The van der Waals surface area contributed by atoms with Crippen LogP contribution >= 0.6 is 0 Å². The molecule has 0 spiro atoms. The smallest absolute Gasteiger partial charge is 0.342 e. The van der Waals surface area contributed by atoms with Crippen molar-refractivity contribution in [2.24, 2.45) is 0 Å². The summed E-state index contributed by atoms with van der Waals surface area (Å²) < 4.78 is 5.38. The van der Waals surface area contributed by atoms with Crippen LogP contribution in [0.5, 0.6) is 0 Å². The van der Waals surface area contributed by atoms with Crippen LogP contribution in [0.4, 0.5) is 0 Å². The molecular formula is C24H28O2. The first-order valence-electron chi connectivity index (χ1n) is 9.29. The molecule has 2 nitrogen and oxygen atoms in total. The molecule has 0 amide bonds.